The molecule has 0 unspecified atom stereocenters. The average molecular weight is 394 g/mol. The fourth-order valence-electron chi connectivity index (χ4n) is 4.81. The Balaban J connectivity index is 1.28. The lowest BCUT2D eigenvalue weighted by Gasteiger charge is -2.35. The van der Waals surface area contributed by atoms with Gasteiger partial charge in [0.2, 0.25) is 0 Å². The van der Waals surface area contributed by atoms with Crippen LogP contribution in [-0.2, 0) is 29.2 Å². The highest BCUT2D eigenvalue weighted by molar-refractivity contribution is 7.91. The molecule has 0 amide bonds. The van der Waals surface area contributed by atoms with E-state index in [1.807, 2.05) is 6.07 Å². The topological polar surface area (TPSA) is 72.3 Å². The smallest absolute Gasteiger partial charge is 0.267 e. The van der Waals surface area contributed by atoms with Crippen LogP contribution in [0.2, 0.25) is 0 Å². The van der Waals surface area contributed by atoms with E-state index in [9.17, 15) is 13.2 Å². The number of hydrogen-bond acceptors (Lipinski definition) is 5. The van der Waals surface area contributed by atoms with Gasteiger partial charge < -0.3 is 4.90 Å². The monoisotopic (exact) mass is 393 g/mol. The van der Waals surface area contributed by atoms with Gasteiger partial charge in [-0.15, -0.1) is 0 Å². The summed E-state index contributed by atoms with van der Waals surface area (Å²) in [6.45, 7) is 3.86. The Labute approximate surface area is 161 Å². The molecule has 27 heavy (non-hydrogen) atoms. The molecule has 0 saturated carbocycles. The molecule has 150 valence electrons. The molecule has 1 aliphatic carbocycles. The summed E-state index contributed by atoms with van der Waals surface area (Å²) in [5.74, 6) is 1.76. The van der Waals surface area contributed by atoms with E-state index >= 15 is 0 Å². The standard InChI is InChI=1S/C20H31N3O3S/c24-20-13-18-3-1-2-4-19(18)21-23(20)15-16-5-9-22(10-6-16)14-17-7-11-27(25,26)12-8-17/h13,16-17H,1-12,14-15H2. The Bertz CT molecular complexity index is 811. The second-order valence-electron chi connectivity index (χ2n) is 8.68. The summed E-state index contributed by atoms with van der Waals surface area (Å²) in [7, 11) is -2.77. The van der Waals surface area contributed by atoms with Crippen molar-refractivity contribution in [3.8, 4) is 0 Å². The van der Waals surface area contributed by atoms with Gasteiger partial charge >= 0.3 is 0 Å². The number of likely N-dealkylation sites (tertiary alicyclic amines) is 1. The van der Waals surface area contributed by atoms with Crippen molar-refractivity contribution in [2.45, 2.75) is 57.9 Å². The van der Waals surface area contributed by atoms with Crippen molar-refractivity contribution in [1.29, 1.82) is 0 Å². The molecule has 0 bridgehead atoms. The summed E-state index contributed by atoms with van der Waals surface area (Å²) in [5, 5.41) is 4.67. The highest BCUT2D eigenvalue weighted by Crippen LogP contribution is 2.24. The second-order valence-corrected chi connectivity index (χ2v) is 11.0. The average Bonchev–Trinajstić information content (AvgIpc) is 2.65. The molecule has 7 heteroatoms. The number of nitrogens with zero attached hydrogens (tertiary/aromatic N) is 3. The molecule has 0 atom stereocenters. The molecule has 2 aliphatic heterocycles. The molecule has 3 heterocycles. The van der Waals surface area contributed by atoms with Gasteiger partial charge in [0.25, 0.3) is 5.56 Å². The zero-order valence-electron chi connectivity index (χ0n) is 16.1. The number of fused-ring (bicyclic) bond motifs is 1. The van der Waals surface area contributed by atoms with E-state index in [4.69, 9.17) is 0 Å². The third kappa shape index (κ3) is 4.80. The molecule has 3 aliphatic rings. The lowest BCUT2D eigenvalue weighted by molar-refractivity contribution is 0.145. The summed E-state index contributed by atoms with van der Waals surface area (Å²) < 4.78 is 24.9. The van der Waals surface area contributed by atoms with Crippen molar-refractivity contribution in [3.63, 3.8) is 0 Å². The van der Waals surface area contributed by atoms with Crippen molar-refractivity contribution in [1.82, 2.24) is 14.7 Å². The third-order valence-electron chi connectivity index (χ3n) is 6.60. The first-order valence-corrected chi connectivity index (χ1v) is 12.3. The van der Waals surface area contributed by atoms with Gasteiger partial charge in [0.15, 0.2) is 0 Å². The zero-order valence-corrected chi connectivity index (χ0v) is 16.9. The van der Waals surface area contributed by atoms with Gasteiger partial charge in [0.05, 0.1) is 17.2 Å². The van der Waals surface area contributed by atoms with Crippen LogP contribution >= 0.6 is 0 Å². The maximum Gasteiger partial charge on any atom is 0.267 e. The predicted molar refractivity (Wildman–Crippen MR) is 106 cm³/mol. The van der Waals surface area contributed by atoms with Crippen molar-refractivity contribution in [2.24, 2.45) is 11.8 Å². The molecule has 0 aromatic carbocycles. The number of rotatable bonds is 4. The Morgan fingerprint density at radius 2 is 1.63 bits per heavy atom. The molecule has 1 aromatic rings. The number of aryl methyl sites for hydroxylation is 2. The molecule has 0 radical (unpaired) electrons. The Morgan fingerprint density at radius 1 is 0.963 bits per heavy atom. The lowest BCUT2D eigenvalue weighted by atomic mass is 9.94. The van der Waals surface area contributed by atoms with Crippen LogP contribution in [0.1, 0.15) is 49.8 Å². The largest absolute Gasteiger partial charge is 0.303 e. The summed E-state index contributed by atoms with van der Waals surface area (Å²) in [6.07, 6.45) is 8.17. The minimum absolute atomic E-state index is 0.0569. The van der Waals surface area contributed by atoms with Crippen molar-refractivity contribution >= 4 is 9.84 Å². The first kappa shape index (κ1) is 19.1. The molecule has 6 nitrogen and oxygen atoms in total. The van der Waals surface area contributed by atoms with Crippen LogP contribution in [0.15, 0.2) is 10.9 Å². The van der Waals surface area contributed by atoms with Crippen LogP contribution in [0.3, 0.4) is 0 Å². The van der Waals surface area contributed by atoms with Gasteiger partial charge in [-0.05, 0) is 81.9 Å². The quantitative estimate of drug-likeness (QED) is 0.778. The maximum absolute atomic E-state index is 12.4. The normalized spacial score (nSPS) is 24.6. The van der Waals surface area contributed by atoms with Crippen LogP contribution in [0.5, 0.6) is 0 Å². The minimum Gasteiger partial charge on any atom is -0.303 e. The molecule has 1 aromatic heterocycles. The van der Waals surface area contributed by atoms with Crippen LogP contribution < -0.4 is 5.56 Å². The van der Waals surface area contributed by atoms with E-state index in [-0.39, 0.29) is 5.56 Å². The number of aromatic nitrogens is 2. The van der Waals surface area contributed by atoms with E-state index in [1.54, 1.807) is 4.68 Å². The first-order chi connectivity index (χ1) is 13.0. The van der Waals surface area contributed by atoms with Gasteiger partial charge in [-0.25, -0.2) is 13.1 Å². The molecule has 4 rings (SSSR count). The highest BCUT2D eigenvalue weighted by atomic mass is 32.2. The number of piperidine rings is 1. The Kier molecular flexibility index (Phi) is 5.69. The first-order valence-electron chi connectivity index (χ1n) is 10.5. The van der Waals surface area contributed by atoms with Crippen LogP contribution in [0.25, 0.3) is 0 Å². The van der Waals surface area contributed by atoms with Gasteiger partial charge in [-0.3, -0.25) is 4.79 Å². The van der Waals surface area contributed by atoms with Gasteiger partial charge in [-0.1, -0.05) is 0 Å². The highest BCUT2D eigenvalue weighted by Gasteiger charge is 2.27. The minimum atomic E-state index is -2.77. The van der Waals surface area contributed by atoms with Crippen molar-refractivity contribution in [2.75, 3.05) is 31.1 Å². The van der Waals surface area contributed by atoms with Crippen molar-refractivity contribution < 1.29 is 8.42 Å². The van der Waals surface area contributed by atoms with E-state index in [0.29, 0.717) is 23.3 Å². The van der Waals surface area contributed by atoms with E-state index in [0.717, 1.165) is 76.0 Å². The lowest BCUT2D eigenvalue weighted by Crippen LogP contribution is -2.40. The van der Waals surface area contributed by atoms with E-state index in [1.165, 1.54) is 12.8 Å². The van der Waals surface area contributed by atoms with E-state index in [2.05, 4.69) is 10.00 Å². The number of hydrogen-bond donors (Lipinski definition) is 0. The summed E-state index contributed by atoms with van der Waals surface area (Å²) in [5.41, 5.74) is 2.35. The van der Waals surface area contributed by atoms with Crippen molar-refractivity contribution in [3.05, 3.63) is 27.7 Å². The van der Waals surface area contributed by atoms with Crippen LogP contribution in [-0.4, -0.2) is 54.2 Å². The maximum atomic E-state index is 12.4. The molecule has 2 saturated heterocycles. The molecule has 2 fully saturated rings. The molecular formula is C20H31N3O3S. The number of sulfone groups is 1. The zero-order chi connectivity index (χ0) is 18.9. The fraction of sp³-hybridized carbons (Fsp3) is 0.800. The van der Waals surface area contributed by atoms with Crippen LogP contribution in [0.4, 0.5) is 0 Å². The summed E-state index contributed by atoms with van der Waals surface area (Å²) in [4.78, 5) is 14.9. The summed E-state index contributed by atoms with van der Waals surface area (Å²) >= 11 is 0. The van der Waals surface area contributed by atoms with Gasteiger partial charge in [-0.2, -0.15) is 5.10 Å². The predicted octanol–water partition coefficient (Wildman–Crippen LogP) is 1.66. The third-order valence-corrected chi connectivity index (χ3v) is 8.32. The Morgan fingerprint density at radius 3 is 2.37 bits per heavy atom. The van der Waals surface area contributed by atoms with Crippen LogP contribution in [0, 0.1) is 11.8 Å². The molecule has 0 spiro atoms. The molecule has 0 N–H and O–H groups in total. The Hall–Kier alpha value is -1.21. The van der Waals surface area contributed by atoms with Gasteiger partial charge in [0.1, 0.15) is 9.84 Å². The fourth-order valence-corrected chi connectivity index (χ4v) is 6.40. The summed E-state index contributed by atoms with van der Waals surface area (Å²) in [6, 6.07) is 1.81. The SMILES string of the molecule is O=c1cc2c(nn1CC1CCN(CC3CCS(=O)(=O)CC3)CC1)CCCC2. The van der Waals surface area contributed by atoms with Gasteiger partial charge in [0, 0.05) is 19.2 Å². The second kappa shape index (κ2) is 8.03. The molecular weight excluding hydrogens is 362 g/mol. The van der Waals surface area contributed by atoms with E-state index < -0.39 is 9.84 Å².